The normalized spacial score (nSPS) is 14.3. The standard InChI is InChI=1S/C12H29N3O3S/c1-6-13-9-8-10-14(4)19(16,17)15(7-2)12(3)11-18-5/h12-13H,6-11H2,1-5H3. The lowest BCUT2D eigenvalue weighted by atomic mass is 10.4. The van der Waals surface area contributed by atoms with Gasteiger partial charge in [-0.05, 0) is 26.4 Å². The van der Waals surface area contributed by atoms with Gasteiger partial charge in [-0.15, -0.1) is 0 Å². The van der Waals surface area contributed by atoms with Gasteiger partial charge < -0.3 is 10.1 Å². The summed E-state index contributed by atoms with van der Waals surface area (Å²) in [5.74, 6) is 0. The van der Waals surface area contributed by atoms with E-state index in [9.17, 15) is 8.42 Å². The van der Waals surface area contributed by atoms with Crippen LogP contribution in [-0.4, -0.2) is 70.0 Å². The highest BCUT2D eigenvalue weighted by Gasteiger charge is 2.29. The molecule has 19 heavy (non-hydrogen) atoms. The molecule has 0 heterocycles. The molecule has 0 aromatic carbocycles. The summed E-state index contributed by atoms with van der Waals surface area (Å²) in [5.41, 5.74) is 0. The maximum atomic E-state index is 12.4. The van der Waals surface area contributed by atoms with Gasteiger partial charge in [0.2, 0.25) is 0 Å². The number of nitrogens with zero attached hydrogens (tertiary/aromatic N) is 2. The van der Waals surface area contributed by atoms with Crippen molar-refractivity contribution in [3.05, 3.63) is 0 Å². The van der Waals surface area contributed by atoms with Crippen LogP contribution >= 0.6 is 0 Å². The number of nitrogens with one attached hydrogen (secondary N) is 1. The number of ether oxygens (including phenoxy) is 1. The molecule has 6 nitrogen and oxygen atoms in total. The maximum absolute atomic E-state index is 12.4. The molecule has 1 unspecified atom stereocenters. The van der Waals surface area contributed by atoms with Crippen molar-refractivity contribution >= 4 is 10.2 Å². The van der Waals surface area contributed by atoms with Crippen LogP contribution in [0, 0.1) is 0 Å². The van der Waals surface area contributed by atoms with Crippen molar-refractivity contribution in [2.75, 3.05) is 46.9 Å². The molecule has 0 fully saturated rings. The molecule has 0 aliphatic heterocycles. The van der Waals surface area contributed by atoms with Gasteiger partial charge in [-0.1, -0.05) is 13.8 Å². The van der Waals surface area contributed by atoms with Crippen LogP contribution in [0.3, 0.4) is 0 Å². The Hall–Kier alpha value is -0.210. The molecule has 0 spiro atoms. The zero-order valence-electron chi connectivity index (χ0n) is 12.8. The predicted octanol–water partition coefficient (Wildman–Crippen LogP) is 0.519. The molecule has 0 radical (unpaired) electrons. The first-order valence-electron chi connectivity index (χ1n) is 6.84. The monoisotopic (exact) mass is 295 g/mol. The van der Waals surface area contributed by atoms with E-state index in [0.717, 1.165) is 19.5 Å². The number of methoxy groups -OCH3 is 1. The van der Waals surface area contributed by atoms with Gasteiger partial charge in [0.1, 0.15) is 0 Å². The molecule has 0 aromatic heterocycles. The third-order valence-corrected chi connectivity index (χ3v) is 5.16. The molecule has 7 heteroatoms. The van der Waals surface area contributed by atoms with Gasteiger partial charge in [0.05, 0.1) is 6.61 Å². The Kier molecular flexibility index (Phi) is 9.55. The van der Waals surface area contributed by atoms with E-state index in [4.69, 9.17) is 4.74 Å². The van der Waals surface area contributed by atoms with Crippen molar-refractivity contribution in [1.82, 2.24) is 13.9 Å². The second kappa shape index (κ2) is 9.66. The van der Waals surface area contributed by atoms with Crippen molar-refractivity contribution in [2.24, 2.45) is 0 Å². The zero-order valence-corrected chi connectivity index (χ0v) is 13.7. The third-order valence-electron chi connectivity index (χ3n) is 2.98. The van der Waals surface area contributed by atoms with E-state index in [1.54, 1.807) is 14.2 Å². The van der Waals surface area contributed by atoms with Gasteiger partial charge in [0, 0.05) is 33.3 Å². The van der Waals surface area contributed by atoms with E-state index in [1.165, 1.54) is 8.61 Å². The molecule has 116 valence electrons. The molecule has 0 saturated carbocycles. The maximum Gasteiger partial charge on any atom is 0.282 e. The van der Waals surface area contributed by atoms with Crippen LogP contribution in [0.5, 0.6) is 0 Å². The minimum Gasteiger partial charge on any atom is -0.383 e. The smallest absolute Gasteiger partial charge is 0.282 e. The first-order valence-corrected chi connectivity index (χ1v) is 8.24. The summed E-state index contributed by atoms with van der Waals surface area (Å²) in [4.78, 5) is 0. The van der Waals surface area contributed by atoms with Gasteiger partial charge >= 0.3 is 0 Å². The number of hydrogen-bond donors (Lipinski definition) is 1. The van der Waals surface area contributed by atoms with Crippen molar-refractivity contribution in [3.63, 3.8) is 0 Å². The fourth-order valence-corrected chi connectivity index (χ4v) is 3.48. The summed E-state index contributed by atoms with van der Waals surface area (Å²) >= 11 is 0. The summed E-state index contributed by atoms with van der Waals surface area (Å²) in [6.07, 6.45) is 0.805. The van der Waals surface area contributed by atoms with E-state index in [2.05, 4.69) is 5.32 Å². The number of likely N-dealkylation sites (N-methyl/N-ethyl adjacent to an activating group) is 1. The highest BCUT2D eigenvalue weighted by atomic mass is 32.2. The molecule has 1 atom stereocenters. The van der Waals surface area contributed by atoms with Crippen molar-refractivity contribution < 1.29 is 13.2 Å². The Morgan fingerprint density at radius 1 is 1.32 bits per heavy atom. The van der Waals surface area contributed by atoms with Crippen LogP contribution in [0.15, 0.2) is 0 Å². The summed E-state index contributed by atoms with van der Waals surface area (Å²) in [6.45, 7) is 8.84. The van der Waals surface area contributed by atoms with Gasteiger partial charge in [0.25, 0.3) is 10.2 Å². The summed E-state index contributed by atoms with van der Waals surface area (Å²) in [6, 6.07) is -0.156. The van der Waals surface area contributed by atoms with Crippen molar-refractivity contribution in [2.45, 2.75) is 33.2 Å². The summed E-state index contributed by atoms with van der Waals surface area (Å²) in [7, 11) is -0.192. The molecular formula is C12H29N3O3S. The Bertz CT molecular complexity index is 322. The minimum absolute atomic E-state index is 0.156. The van der Waals surface area contributed by atoms with Crippen LogP contribution in [0.25, 0.3) is 0 Å². The second-order valence-corrected chi connectivity index (χ2v) is 6.53. The first-order chi connectivity index (χ1) is 8.91. The van der Waals surface area contributed by atoms with Crippen LogP contribution in [0.1, 0.15) is 27.2 Å². The predicted molar refractivity (Wildman–Crippen MR) is 78.4 cm³/mol. The van der Waals surface area contributed by atoms with E-state index in [1.807, 2.05) is 20.8 Å². The highest BCUT2D eigenvalue weighted by Crippen LogP contribution is 2.11. The summed E-state index contributed by atoms with van der Waals surface area (Å²) in [5, 5.41) is 3.19. The molecule has 0 aliphatic rings. The largest absolute Gasteiger partial charge is 0.383 e. The Morgan fingerprint density at radius 3 is 2.42 bits per heavy atom. The fraction of sp³-hybridized carbons (Fsp3) is 1.00. The zero-order chi connectivity index (χ0) is 14.9. The first kappa shape index (κ1) is 18.8. The minimum atomic E-state index is -3.40. The molecular weight excluding hydrogens is 266 g/mol. The van der Waals surface area contributed by atoms with Crippen molar-refractivity contribution in [3.8, 4) is 0 Å². The average Bonchev–Trinajstić information content (AvgIpc) is 2.35. The third kappa shape index (κ3) is 6.18. The number of hydrogen-bond acceptors (Lipinski definition) is 4. The fourth-order valence-electron chi connectivity index (χ4n) is 1.92. The molecule has 0 rings (SSSR count). The molecule has 0 aromatic rings. The molecule has 0 bridgehead atoms. The Labute approximate surface area is 118 Å². The molecule has 0 aliphatic carbocycles. The topological polar surface area (TPSA) is 61.9 Å². The molecule has 0 amide bonds. The van der Waals surface area contributed by atoms with Crippen LogP contribution in [0.2, 0.25) is 0 Å². The average molecular weight is 295 g/mol. The van der Waals surface area contributed by atoms with Gasteiger partial charge in [-0.2, -0.15) is 17.0 Å². The lowest BCUT2D eigenvalue weighted by Crippen LogP contribution is -2.48. The highest BCUT2D eigenvalue weighted by molar-refractivity contribution is 7.86. The second-order valence-electron chi connectivity index (χ2n) is 4.54. The van der Waals surface area contributed by atoms with Crippen LogP contribution < -0.4 is 5.32 Å². The number of rotatable bonds is 11. The van der Waals surface area contributed by atoms with E-state index in [-0.39, 0.29) is 6.04 Å². The van der Waals surface area contributed by atoms with Gasteiger partial charge in [0.15, 0.2) is 0 Å². The Morgan fingerprint density at radius 2 is 1.95 bits per heavy atom. The lowest BCUT2D eigenvalue weighted by Gasteiger charge is -2.30. The van der Waals surface area contributed by atoms with Gasteiger partial charge in [-0.25, -0.2) is 0 Å². The van der Waals surface area contributed by atoms with Crippen molar-refractivity contribution in [1.29, 1.82) is 0 Å². The summed E-state index contributed by atoms with van der Waals surface area (Å²) < 4.78 is 32.8. The molecule has 0 saturated heterocycles. The van der Waals surface area contributed by atoms with Crippen LogP contribution in [-0.2, 0) is 14.9 Å². The quantitative estimate of drug-likeness (QED) is 0.565. The van der Waals surface area contributed by atoms with E-state index in [0.29, 0.717) is 19.7 Å². The van der Waals surface area contributed by atoms with E-state index >= 15 is 0 Å². The SMILES string of the molecule is CCNCCCN(C)S(=O)(=O)N(CC)C(C)COC. The Balaban J connectivity index is 4.54. The van der Waals surface area contributed by atoms with Gasteiger partial charge in [-0.3, -0.25) is 0 Å². The molecule has 1 N–H and O–H groups in total. The lowest BCUT2D eigenvalue weighted by molar-refractivity contribution is 0.139. The van der Waals surface area contributed by atoms with E-state index < -0.39 is 10.2 Å². The van der Waals surface area contributed by atoms with Crippen LogP contribution in [0.4, 0.5) is 0 Å².